The Morgan fingerprint density at radius 2 is 2.04 bits per heavy atom. The standard InChI is InChI=1S/C20H23N5O/c1-16-22-9-12-25(16)19-3-2-10-24(14-19)20(26)18-6-4-17(5-7-18)13-23-11-8-21-15-23/h4-9,11-12,15,19H,2-3,10,13-14H2,1H3/t19-/m1/s1. The van der Waals surface area contributed by atoms with Crippen molar-refractivity contribution in [3.8, 4) is 0 Å². The predicted molar refractivity (Wildman–Crippen MR) is 98.9 cm³/mol. The summed E-state index contributed by atoms with van der Waals surface area (Å²) < 4.78 is 4.20. The zero-order valence-corrected chi connectivity index (χ0v) is 15.0. The molecule has 3 aromatic rings. The number of carbonyl (C=O) groups is 1. The van der Waals surface area contributed by atoms with Crippen molar-refractivity contribution in [3.05, 3.63) is 72.3 Å². The van der Waals surface area contributed by atoms with Crippen LogP contribution in [-0.2, 0) is 6.54 Å². The Labute approximate surface area is 153 Å². The molecule has 4 rings (SSSR count). The van der Waals surface area contributed by atoms with E-state index in [0.29, 0.717) is 6.04 Å². The van der Waals surface area contributed by atoms with E-state index in [2.05, 4.69) is 14.5 Å². The number of hydrogen-bond donors (Lipinski definition) is 0. The molecule has 6 heteroatoms. The minimum absolute atomic E-state index is 0.113. The van der Waals surface area contributed by atoms with E-state index >= 15 is 0 Å². The van der Waals surface area contributed by atoms with Crippen molar-refractivity contribution in [1.82, 2.24) is 24.0 Å². The molecule has 0 N–H and O–H groups in total. The molecular formula is C20H23N5O. The SMILES string of the molecule is Cc1nccn1[C@@H]1CCCN(C(=O)c2ccc(Cn3ccnc3)cc2)C1. The Morgan fingerprint density at radius 3 is 2.73 bits per heavy atom. The molecule has 3 heterocycles. The number of likely N-dealkylation sites (tertiary alicyclic amines) is 1. The lowest BCUT2D eigenvalue weighted by atomic mass is 10.0. The first kappa shape index (κ1) is 16.6. The van der Waals surface area contributed by atoms with Crippen molar-refractivity contribution < 1.29 is 4.79 Å². The highest BCUT2D eigenvalue weighted by molar-refractivity contribution is 5.94. The van der Waals surface area contributed by atoms with Gasteiger partial charge in [0.05, 0.1) is 12.4 Å². The molecule has 1 aliphatic rings. The first-order valence-corrected chi connectivity index (χ1v) is 9.04. The van der Waals surface area contributed by atoms with Gasteiger partial charge >= 0.3 is 0 Å². The molecule has 0 spiro atoms. The molecule has 6 nitrogen and oxygen atoms in total. The third kappa shape index (κ3) is 3.40. The number of aromatic nitrogens is 4. The molecule has 1 aromatic carbocycles. The van der Waals surface area contributed by atoms with Crippen LogP contribution in [0.1, 0.15) is 40.6 Å². The van der Waals surface area contributed by atoms with E-state index < -0.39 is 0 Å². The van der Waals surface area contributed by atoms with Crippen LogP contribution in [0.3, 0.4) is 0 Å². The normalized spacial score (nSPS) is 17.4. The van der Waals surface area contributed by atoms with Crippen molar-refractivity contribution in [3.63, 3.8) is 0 Å². The predicted octanol–water partition coefficient (Wildman–Crippen LogP) is 2.91. The molecular weight excluding hydrogens is 326 g/mol. The number of amides is 1. The van der Waals surface area contributed by atoms with Crippen molar-refractivity contribution >= 4 is 5.91 Å². The molecule has 0 saturated carbocycles. The van der Waals surface area contributed by atoms with Gasteiger partial charge in [0.25, 0.3) is 5.91 Å². The minimum Gasteiger partial charge on any atom is -0.337 e. The van der Waals surface area contributed by atoms with Crippen LogP contribution in [0.25, 0.3) is 0 Å². The minimum atomic E-state index is 0.113. The molecule has 1 aliphatic heterocycles. The summed E-state index contributed by atoms with van der Waals surface area (Å²) >= 11 is 0. The van der Waals surface area contributed by atoms with Gasteiger partial charge in [0.2, 0.25) is 0 Å². The monoisotopic (exact) mass is 349 g/mol. The van der Waals surface area contributed by atoms with E-state index in [1.54, 1.807) is 12.5 Å². The fraction of sp³-hybridized carbons (Fsp3) is 0.350. The highest BCUT2D eigenvalue weighted by atomic mass is 16.2. The Bertz CT molecular complexity index is 866. The van der Waals surface area contributed by atoms with E-state index in [1.165, 1.54) is 0 Å². The molecule has 2 aromatic heterocycles. The molecule has 0 bridgehead atoms. The maximum Gasteiger partial charge on any atom is 0.253 e. The van der Waals surface area contributed by atoms with E-state index in [-0.39, 0.29) is 5.91 Å². The van der Waals surface area contributed by atoms with Gasteiger partial charge < -0.3 is 14.0 Å². The van der Waals surface area contributed by atoms with Gasteiger partial charge in [0, 0.05) is 50.0 Å². The van der Waals surface area contributed by atoms with Crippen LogP contribution in [0.15, 0.2) is 55.4 Å². The van der Waals surface area contributed by atoms with Gasteiger partial charge in [0.1, 0.15) is 5.82 Å². The third-order valence-electron chi connectivity index (χ3n) is 5.06. The number of aryl methyl sites for hydroxylation is 1. The average molecular weight is 349 g/mol. The van der Waals surface area contributed by atoms with Crippen LogP contribution in [-0.4, -0.2) is 43.0 Å². The lowest BCUT2D eigenvalue weighted by Gasteiger charge is -2.34. The maximum atomic E-state index is 12.9. The zero-order valence-electron chi connectivity index (χ0n) is 15.0. The van der Waals surface area contributed by atoms with Gasteiger partial charge in [-0.25, -0.2) is 9.97 Å². The summed E-state index contributed by atoms with van der Waals surface area (Å²) in [5, 5.41) is 0. The van der Waals surface area contributed by atoms with Crippen LogP contribution in [0.5, 0.6) is 0 Å². The lowest BCUT2D eigenvalue weighted by Crippen LogP contribution is -2.40. The van der Waals surface area contributed by atoms with Crippen LogP contribution in [0, 0.1) is 6.92 Å². The fourth-order valence-corrected chi connectivity index (χ4v) is 3.67. The fourth-order valence-electron chi connectivity index (χ4n) is 3.67. The lowest BCUT2D eigenvalue weighted by molar-refractivity contribution is 0.0678. The largest absolute Gasteiger partial charge is 0.337 e. The first-order chi connectivity index (χ1) is 12.7. The number of hydrogen-bond acceptors (Lipinski definition) is 3. The number of rotatable bonds is 4. The van der Waals surface area contributed by atoms with E-state index in [0.717, 1.165) is 49.4 Å². The van der Waals surface area contributed by atoms with E-state index in [4.69, 9.17) is 0 Å². The smallest absolute Gasteiger partial charge is 0.253 e. The van der Waals surface area contributed by atoms with Gasteiger partial charge in [0.15, 0.2) is 0 Å². The summed E-state index contributed by atoms with van der Waals surface area (Å²) in [4.78, 5) is 23.3. The summed E-state index contributed by atoms with van der Waals surface area (Å²) in [5.74, 6) is 1.12. The first-order valence-electron chi connectivity index (χ1n) is 9.04. The second kappa shape index (κ2) is 7.15. The molecule has 1 amide bonds. The van der Waals surface area contributed by atoms with Crippen molar-refractivity contribution in [2.45, 2.75) is 32.4 Å². The van der Waals surface area contributed by atoms with Crippen LogP contribution < -0.4 is 0 Å². The number of imidazole rings is 2. The Hall–Kier alpha value is -2.89. The van der Waals surface area contributed by atoms with Crippen molar-refractivity contribution in [1.29, 1.82) is 0 Å². The molecule has 1 atom stereocenters. The number of benzene rings is 1. The van der Waals surface area contributed by atoms with Crippen molar-refractivity contribution in [2.24, 2.45) is 0 Å². The van der Waals surface area contributed by atoms with E-state index in [1.807, 2.05) is 59.2 Å². The van der Waals surface area contributed by atoms with Gasteiger partial charge in [-0.1, -0.05) is 12.1 Å². The average Bonchev–Trinajstić information content (AvgIpc) is 3.33. The second-order valence-electron chi connectivity index (χ2n) is 6.86. The molecule has 0 radical (unpaired) electrons. The van der Waals surface area contributed by atoms with Gasteiger partial charge in [-0.15, -0.1) is 0 Å². The molecule has 0 aliphatic carbocycles. The van der Waals surface area contributed by atoms with Crippen LogP contribution >= 0.6 is 0 Å². The third-order valence-corrected chi connectivity index (χ3v) is 5.06. The van der Waals surface area contributed by atoms with Gasteiger partial charge in [-0.05, 0) is 37.5 Å². The maximum absolute atomic E-state index is 12.9. The summed E-state index contributed by atoms with van der Waals surface area (Å²) in [6.45, 7) is 4.34. The second-order valence-corrected chi connectivity index (χ2v) is 6.86. The Balaban J connectivity index is 1.44. The van der Waals surface area contributed by atoms with Crippen molar-refractivity contribution in [2.75, 3.05) is 13.1 Å². The van der Waals surface area contributed by atoms with Gasteiger partial charge in [-0.3, -0.25) is 4.79 Å². The molecule has 0 unspecified atom stereocenters. The van der Waals surface area contributed by atoms with Crippen LogP contribution in [0.4, 0.5) is 0 Å². The summed E-state index contributed by atoms with van der Waals surface area (Å²) in [5.41, 5.74) is 1.91. The molecule has 26 heavy (non-hydrogen) atoms. The summed E-state index contributed by atoms with van der Waals surface area (Å²) in [6.07, 6.45) is 11.5. The summed E-state index contributed by atoms with van der Waals surface area (Å²) in [6, 6.07) is 8.22. The number of piperidine rings is 1. The highest BCUT2D eigenvalue weighted by Crippen LogP contribution is 2.24. The van der Waals surface area contributed by atoms with E-state index in [9.17, 15) is 4.79 Å². The Kier molecular flexibility index (Phi) is 4.56. The van der Waals surface area contributed by atoms with Gasteiger partial charge in [-0.2, -0.15) is 0 Å². The van der Waals surface area contributed by atoms with Crippen LogP contribution in [0.2, 0.25) is 0 Å². The molecule has 1 fully saturated rings. The molecule has 1 saturated heterocycles. The zero-order chi connectivity index (χ0) is 17.9. The summed E-state index contributed by atoms with van der Waals surface area (Å²) in [7, 11) is 0. The highest BCUT2D eigenvalue weighted by Gasteiger charge is 2.26. The Morgan fingerprint density at radius 1 is 1.19 bits per heavy atom. The topological polar surface area (TPSA) is 56.0 Å². The molecule has 134 valence electrons. The quantitative estimate of drug-likeness (QED) is 0.728. The number of nitrogens with zero attached hydrogens (tertiary/aromatic N) is 5. The number of carbonyl (C=O) groups excluding carboxylic acids is 1.